The molecule has 1 aromatic heterocycles. The number of H-pyrrole nitrogens is 1. The normalized spacial score (nSPS) is 10.6. The summed E-state index contributed by atoms with van der Waals surface area (Å²) in [4.78, 5) is 28.1. The second-order valence-electron chi connectivity index (χ2n) is 5.96. The highest BCUT2D eigenvalue weighted by Gasteiger charge is 2.22. The maximum absolute atomic E-state index is 12.7. The zero-order valence-electron chi connectivity index (χ0n) is 15.5. The minimum atomic E-state index is -0.645. The average Bonchev–Trinajstić information content (AvgIpc) is 2.70. The van der Waals surface area contributed by atoms with Crippen LogP contribution in [0.2, 0.25) is 0 Å². The summed E-state index contributed by atoms with van der Waals surface area (Å²) >= 11 is 0. The van der Waals surface area contributed by atoms with Crippen molar-refractivity contribution in [2.45, 2.75) is 13.3 Å². The fourth-order valence-corrected chi connectivity index (χ4v) is 3.00. The van der Waals surface area contributed by atoms with Crippen molar-refractivity contribution < 1.29 is 19.0 Å². The number of fused-ring (bicyclic) bond motifs is 1. The van der Waals surface area contributed by atoms with E-state index in [1.54, 1.807) is 31.4 Å². The minimum absolute atomic E-state index is 0.0191. The first-order valence-corrected chi connectivity index (χ1v) is 8.65. The first kappa shape index (κ1) is 18.5. The van der Waals surface area contributed by atoms with Crippen molar-refractivity contribution in [3.05, 3.63) is 58.4 Å². The number of nitrogens with one attached hydrogen (secondary N) is 1. The van der Waals surface area contributed by atoms with E-state index in [1.165, 1.54) is 7.11 Å². The number of ether oxygens (including phenoxy) is 3. The SMILES string of the molecule is CCCOC(=O)c1c(-c2ccc(OC)c(OC)c2)c2ccccc2[nH]c1=O. The molecule has 0 atom stereocenters. The zero-order valence-corrected chi connectivity index (χ0v) is 15.5. The number of rotatable bonds is 6. The molecule has 3 aromatic rings. The fraction of sp³-hybridized carbons (Fsp3) is 0.238. The van der Waals surface area contributed by atoms with E-state index in [2.05, 4.69) is 4.98 Å². The van der Waals surface area contributed by atoms with Crippen molar-refractivity contribution in [2.75, 3.05) is 20.8 Å². The smallest absolute Gasteiger partial charge is 0.344 e. The van der Waals surface area contributed by atoms with Gasteiger partial charge in [-0.3, -0.25) is 4.79 Å². The van der Waals surface area contributed by atoms with E-state index in [0.717, 1.165) is 5.39 Å². The Kier molecular flexibility index (Phi) is 5.45. The number of hydrogen-bond donors (Lipinski definition) is 1. The molecular formula is C21H21NO5. The Morgan fingerprint density at radius 2 is 1.78 bits per heavy atom. The summed E-state index contributed by atoms with van der Waals surface area (Å²) in [6.07, 6.45) is 0.670. The molecule has 0 saturated carbocycles. The predicted octanol–water partition coefficient (Wildman–Crippen LogP) is 3.78. The van der Waals surface area contributed by atoms with Crippen LogP contribution in [0.3, 0.4) is 0 Å². The van der Waals surface area contributed by atoms with Gasteiger partial charge in [0.15, 0.2) is 11.5 Å². The van der Waals surface area contributed by atoms with Crippen LogP contribution in [0.1, 0.15) is 23.7 Å². The van der Waals surface area contributed by atoms with Crippen LogP contribution >= 0.6 is 0 Å². The molecule has 1 N–H and O–H groups in total. The third kappa shape index (κ3) is 3.51. The number of aromatic nitrogens is 1. The molecule has 3 rings (SSSR count). The van der Waals surface area contributed by atoms with Crippen molar-refractivity contribution in [3.8, 4) is 22.6 Å². The Balaban J connectivity index is 2.32. The van der Waals surface area contributed by atoms with Crippen molar-refractivity contribution in [3.63, 3.8) is 0 Å². The first-order valence-electron chi connectivity index (χ1n) is 8.65. The molecule has 6 heteroatoms. The molecule has 140 valence electrons. The topological polar surface area (TPSA) is 77.6 Å². The second-order valence-corrected chi connectivity index (χ2v) is 5.96. The lowest BCUT2D eigenvalue weighted by Crippen LogP contribution is -2.22. The highest BCUT2D eigenvalue weighted by molar-refractivity contribution is 6.06. The maximum atomic E-state index is 12.7. The molecule has 2 aromatic carbocycles. The molecule has 0 radical (unpaired) electrons. The number of aromatic amines is 1. The van der Waals surface area contributed by atoms with Crippen LogP contribution in [0.15, 0.2) is 47.3 Å². The summed E-state index contributed by atoms with van der Waals surface area (Å²) in [5, 5.41) is 0.743. The van der Waals surface area contributed by atoms with Crippen LogP contribution in [-0.4, -0.2) is 31.8 Å². The van der Waals surface area contributed by atoms with Crippen LogP contribution in [0, 0.1) is 0 Å². The van der Waals surface area contributed by atoms with Crippen LogP contribution in [0.25, 0.3) is 22.0 Å². The van der Waals surface area contributed by atoms with Crippen LogP contribution in [-0.2, 0) is 4.74 Å². The number of hydrogen-bond acceptors (Lipinski definition) is 5. The van der Waals surface area contributed by atoms with Gasteiger partial charge in [0.25, 0.3) is 5.56 Å². The Labute approximate surface area is 156 Å². The van der Waals surface area contributed by atoms with Gasteiger partial charge < -0.3 is 19.2 Å². The molecule has 0 unspecified atom stereocenters. The molecule has 0 aliphatic rings. The van der Waals surface area contributed by atoms with E-state index in [-0.39, 0.29) is 12.2 Å². The van der Waals surface area contributed by atoms with Crippen molar-refractivity contribution >= 4 is 16.9 Å². The molecule has 0 aliphatic carbocycles. The van der Waals surface area contributed by atoms with Crippen molar-refractivity contribution in [1.29, 1.82) is 0 Å². The summed E-state index contributed by atoms with van der Waals surface area (Å²) in [5.74, 6) is 0.423. The maximum Gasteiger partial charge on any atom is 0.344 e. The molecule has 0 aliphatic heterocycles. The number of esters is 1. The summed E-state index contributed by atoms with van der Waals surface area (Å²) in [5.41, 5.74) is 1.31. The monoisotopic (exact) mass is 367 g/mol. The number of pyridine rings is 1. The van der Waals surface area contributed by atoms with E-state index in [0.29, 0.717) is 34.6 Å². The van der Waals surface area contributed by atoms with E-state index in [4.69, 9.17) is 14.2 Å². The quantitative estimate of drug-likeness (QED) is 0.671. The standard InChI is InChI=1S/C21H21NO5/c1-4-11-27-21(24)19-18(13-9-10-16(25-2)17(12-13)26-3)14-7-5-6-8-15(14)22-20(19)23/h5-10,12H,4,11H2,1-3H3,(H,22,23). The van der Waals surface area contributed by atoms with Crippen LogP contribution in [0.4, 0.5) is 0 Å². The molecule has 1 heterocycles. The van der Waals surface area contributed by atoms with Gasteiger partial charge in [-0.1, -0.05) is 31.2 Å². The second kappa shape index (κ2) is 7.95. The number of carbonyl (C=O) groups excluding carboxylic acids is 1. The van der Waals surface area contributed by atoms with E-state index >= 15 is 0 Å². The highest BCUT2D eigenvalue weighted by Crippen LogP contribution is 2.36. The van der Waals surface area contributed by atoms with E-state index in [9.17, 15) is 9.59 Å². The third-order valence-corrected chi connectivity index (χ3v) is 4.24. The van der Waals surface area contributed by atoms with Gasteiger partial charge in [0.2, 0.25) is 0 Å². The molecule has 0 spiro atoms. The lowest BCUT2D eigenvalue weighted by Gasteiger charge is -2.14. The number of benzene rings is 2. The summed E-state index contributed by atoms with van der Waals surface area (Å²) in [6, 6.07) is 12.6. The van der Waals surface area contributed by atoms with Gasteiger partial charge in [-0.2, -0.15) is 0 Å². The van der Waals surface area contributed by atoms with Gasteiger partial charge in [0.1, 0.15) is 5.56 Å². The van der Waals surface area contributed by atoms with Gasteiger partial charge in [-0.15, -0.1) is 0 Å². The van der Waals surface area contributed by atoms with Crippen LogP contribution < -0.4 is 15.0 Å². The molecule has 0 saturated heterocycles. The lowest BCUT2D eigenvalue weighted by atomic mass is 9.96. The van der Waals surface area contributed by atoms with E-state index < -0.39 is 11.5 Å². The first-order chi connectivity index (χ1) is 13.1. The van der Waals surface area contributed by atoms with Crippen molar-refractivity contribution in [2.24, 2.45) is 0 Å². The Bertz CT molecular complexity index is 1040. The third-order valence-electron chi connectivity index (χ3n) is 4.24. The zero-order chi connectivity index (χ0) is 19.4. The van der Waals surface area contributed by atoms with E-state index in [1.807, 2.05) is 25.1 Å². The molecule has 0 amide bonds. The molecule has 0 bridgehead atoms. The highest BCUT2D eigenvalue weighted by atomic mass is 16.5. The average molecular weight is 367 g/mol. The lowest BCUT2D eigenvalue weighted by molar-refractivity contribution is 0.0504. The van der Waals surface area contributed by atoms with Crippen molar-refractivity contribution in [1.82, 2.24) is 4.98 Å². The van der Waals surface area contributed by atoms with Gasteiger partial charge in [-0.05, 0) is 30.2 Å². The Morgan fingerprint density at radius 1 is 1.04 bits per heavy atom. The molecule has 6 nitrogen and oxygen atoms in total. The van der Waals surface area contributed by atoms with Gasteiger partial charge in [-0.25, -0.2) is 4.79 Å². The predicted molar refractivity (Wildman–Crippen MR) is 104 cm³/mol. The molecule has 27 heavy (non-hydrogen) atoms. The summed E-state index contributed by atoms with van der Waals surface area (Å²) in [7, 11) is 3.08. The minimum Gasteiger partial charge on any atom is -0.493 e. The summed E-state index contributed by atoms with van der Waals surface area (Å²) in [6.45, 7) is 2.14. The van der Waals surface area contributed by atoms with Gasteiger partial charge >= 0.3 is 5.97 Å². The van der Waals surface area contributed by atoms with Gasteiger partial charge in [0, 0.05) is 16.5 Å². The number of methoxy groups -OCH3 is 2. The fourth-order valence-electron chi connectivity index (χ4n) is 3.00. The van der Waals surface area contributed by atoms with Gasteiger partial charge in [0.05, 0.1) is 20.8 Å². The molecule has 0 fully saturated rings. The van der Waals surface area contributed by atoms with Crippen LogP contribution in [0.5, 0.6) is 11.5 Å². The largest absolute Gasteiger partial charge is 0.493 e. The Morgan fingerprint density at radius 3 is 2.48 bits per heavy atom. The molecular weight excluding hydrogens is 346 g/mol. The number of carbonyl (C=O) groups is 1. The number of para-hydroxylation sites is 1. The Hall–Kier alpha value is -3.28. The summed E-state index contributed by atoms with van der Waals surface area (Å²) < 4.78 is 15.9.